The van der Waals surface area contributed by atoms with E-state index in [1.807, 2.05) is 81.4 Å². The summed E-state index contributed by atoms with van der Waals surface area (Å²) >= 11 is 0. The van der Waals surface area contributed by atoms with E-state index in [2.05, 4.69) is 21.3 Å². The number of esters is 1. The Bertz CT molecular complexity index is 1320. The quantitative estimate of drug-likeness (QED) is 0.190. The Balaban J connectivity index is 1.77. The first-order valence-corrected chi connectivity index (χ1v) is 16.1. The van der Waals surface area contributed by atoms with Crippen LogP contribution < -0.4 is 21.3 Å². The molecule has 1 aliphatic rings. The highest BCUT2D eigenvalue weighted by Crippen LogP contribution is 2.19. The van der Waals surface area contributed by atoms with Crippen molar-refractivity contribution in [3.05, 3.63) is 71.8 Å². The minimum absolute atomic E-state index is 0.00633. The van der Waals surface area contributed by atoms with E-state index in [4.69, 9.17) is 14.2 Å². The molecule has 4 amide bonds. The van der Waals surface area contributed by atoms with E-state index < -0.39 is 47.6 Å². The van der Waals surface area contributed by atoms with Gasteiger partial charge in [0, 0.05) is 31.3 Å². The van der Waals surface area contributed by atoms with Gasteiger partial charge in [-0.1, -0.05) is 60.7 Å². The molecule has 1 saturated heterocycles. The van der Waals surface area contributed by atoms with Crippen LogP contribution in [0.3, 0.4) is 0 Å². The lowest BCUT2D eigenvalue weighted by Gasteiger charge is -2.28. The fourth-order valence-corrected chi connectivity index (χ4v) is 5.04. The molecule has 0 spiro atoms. The van der Waals surface area contributed by atoms with Crippen molar-refractivity contribution in [2.75, 3.05) is 19.8 Å². The lowest BCUT2D eigenvalue weighted by Crippen LogP contribution is -2.57. The molecule has 1 heterocycles. The summed E-state index contributed by atoms with van der Waals surface area (Å²) in [6, 6.07) is 15.6. The fourth-order valence-electron chi connectivity index (χ4n) is 5.04. The molecule has 0 aromatic heterocycles. The maximum atomic E-state index is 13.9. The zero-order valence-corrected chi connectivity index (χ0v) is 27.7. The molecule has 0 radical (unpaired) electrons. The number of ether oxygens (including phenoxy) is 3. The van der Waals surface area contributed by atoms with Crippen LogP contribution in [0.1, 0.15) is 64.5 Å². The molecule has 1 aliphatic heterocycles. The van der Waals surface area contributed by atoms with E-state index in [9.17, 15) is 24.0 Å². The number of alkyl carbamates (subject to hydrolysis) is 1. The lowest BCUT2D eigenvalue weighted by atomic mass is 9.95. The predicted molar refractivity (Wildman–Crippen MR) is 175 cm³/mol. The zero-order chi connectivity index (χ0) is 34.2. The van der Waals surface area contributed by atoms with Gasteiger partial charge in [0.05, 0.1) is 18.8 Å². The molecule has 256 valence electrons. The van der Waals surface area contributed by atoms with Crippen molar-refractivity contribution >= 4 is 29.8 Å². The highest BCUT2D eigenvalue weighted by atomic mass is 16.6. The van der Waals surface area contributed by atoms with Crippen molar-refractivity contribution in [1.82, 2.24) is 21.3 Å². The molecule has 12 heteroatoms. The Hall–Kier alpha value is -4.45. The summed E-state index contributed by atoms with van der Waals surface area (Å²) in [5.74, 6) is -1.93. The third-order valence-corrected chi connectivity index (χ3v) is 7.50. The van der Waals surface area contributed by atoms with Gasteiger partial charge < -0.3 is 35.5 Å². The number of rotatable bonds is 17. The Kier molecular flexibility index (Phi) is 14.7. The van der Waals surface area contributed by atoms with Crippen molar-refractivity contribution in [2.24, 2.45) is 5.92 Å². The molecular formula is C35H48N4O8. The van der Waals surface area contributed by atoms with Crippen LogP contribution in [0.15, 0.2) is 60.7 Å². The normalized spacial score (nSPS) is 16.3. The maximum absolute atomic E-state index is 13.9. The second kappa shape index (κ2) is 18.6. The number of amides is 4. The first kappa shape index (κ1) is 37.0. The number of nitrogens with one attached hydrogen (secondary N) is 4. The molecule has 0 saturated carbocycles. The van der Waals surface area contributed by atoms with Gasteiger partial charge in [0.2, 0.25) is 17.7 Å². The second-order valence-corrected chi connectivity index (χ2v) is 12.5. The van der Waals surface area contributed by atoms with Crippen molar-refractivity contribution < 1.29 is 38.2 Å². The first-order valence-electron chi connectivity index (χ1n) is 16.1. The Morgan fingerprint density at radius 3 is 2.11 bits per heavy atom. The molecule has 47 heavy (non-hydrogen) atoms. The maximum Gasteiger partial charge on any atom is 0.408 e. The number of benzene rings is 2. The summed E-state index contributed by atoms with van der Waals surface area (Å²) in [4.78, 5) is 64.8. The summed E-state index contributed by atoms with van der Waals surface area (Å²) in [6.45, 7) is 7.80. The summed E-state index contributed by atoms with van der Waals surface area (Å²) in [6.07, 6.45) is 0.611. The molecule has 4 N–H and O–H groups in total. The average Bonchev–Trinajstić information content (AvgIpc) is 3.44. The van der Waals surface area contributed by atoms with E-state index in [-0.39, 0.29) is 50.9 Å². The molecule has 2 aromatic carbocycles. The highest BCUT2D eigenvalue weighted by Gasteiger charge is 2.32. The molecule has 0 unspecified atom stereocenters. The van der Waals surface area contributed by atoms with Gasteiger partial charge in [-0.15, -0.1) is 0 Å². The van der Waals surface area contributed by atoms with Gasteiger partial charge in [0.1, 0.15) is 18.7 Å². The van der Waals surface area contributed by atoms with Crippen LogP contribution in [0.25, 0.3) is 0 Å². The van der Waals surface area contributed by atoms with Gasteiger partial charge >= 0.3 is 12.1 Å². The smallest absolute Gasteiger partial charge is 0.408 e. The van der Waals surface area contributed by atoms with Crippen LogP contribution in [-0.4, -0.2) is 73.3 Å². The number of carbonyl (C=O) groups excluding carboxylic acids is 5. The number of carbonyl (C=O) groups is 5. The van der Waals surface area contributed by atoms with Gasteiger partial charge in [-0.25, -0.2) is 4.79 Å². The van der Waals surface area contributed by atoms with Crippen LogP contribution in [0.2, 0.25) is 0 Å². The minimum atomic E-state index is -1.18. The molecular weight excluding hydrogens is 604 g/mol. The monoisotopic (exact) mass is 652 g/mol. The van der Waals surface area contributed by atoms with E-state index in [1.54, 1.807) is 6.92 Å². The van der Waals surface area contributed by atoms with Gasteiger partial charge in [-0.2, -0.15) is 0 Å². The van der Waals surface area contributed by atoms with Crippen LogP contribution in [0, 0.1) is 5.92 Å². The van der Waals surface area contributed by atoms with Crippen LogP contribution in [0.5, 0.6) is 0 Å². The minimum Gasteiger partial charge on any atom is -0.466 e. The Morgan fingerprint density at radius 1 is 0.872 bits per heavy atom. The molecule has 0 aliphatic carbocycles. The van der Waals surface area contributed by atoms with Gasteiger partial charge in [-0.05, 0) is 58.1 Å². The van der Waals surface area contributed by atoms with Gasteiger partial charge in [0.15, 0.2) is 0 Å². The lowest BCUT2D eigenvalue weighted by molar-refractivity contribution is -0.143. The Morgan fingerprint density at radius 2 is 1.51 bits per heavy atom. The van der Waals surface area contributed by atoms with Crippen LogP contribution >= 0.6 is 0 Å². The topological polar surface area (TPSA) is 161 Å². The van der Waals surface area contributed by atoms with E-state index in [0.717, 1.165) is 11.1 Å². The zero-order valence-electron chi connectivity index (χ0n) is 27.7. The van der Waals surface area contributed by atoms with Crippen molar-refractivity contribution in [3.63, 3.8) is 0 Å². The summed E-state index contributed by atoms with van der Waals surface area (Å²) < 4.78 is 16.3. The van der Waals surface area contributed by atoms with E-state index in [1.165, 1.54) is 0 Å². The van der Waals surface area contributed by atoms with Crippen molar-refractivity contribution in [1.29, 1.82) is 0 Å². The van der Waals surface area contributed by atoms with Gasteiger partial charge in [0.25, 0.3) is 0 Å². The van der Waals surface area contributed by atoms with Crippen molar-refractivity contribution in [3.8, 4) is 0 Å². The Labute approximate surface area is 276 Å². The fraction of sp³-hybridized carbons (Fsp3) is 0.514. The van der Waals surface area contributed by atoms with E-state index >= 15 is 0 Å². The molecule has 4 atom stereocenters. The third kappa shape index (κ3) is 13.8. The largest absolute Gasteiger partial charge is 0.466 e. The predicted octanol–water partition coefficient (Wildman–Crippen LogP) is 3.18. The SMILES string of the molecule is CCOC(=O)CC[C@H](C[C@@H]1CCNC1=O)NC(=O)[C@H](Cc1ccccc1)NC(=O)[C@H](COC(C)(C)C)NC(=O)OCc1ccccc1. The average molecular weight is 653 g/mol. The first-order chi connectivity index (χ1) is 22.4. The van der Waals surface area contributed by atoms with Crippen molar-refractivity contribution in [2.45, 2.75) is 90.1 Å². The summed E-state index contributed by atoms with van der Waals surface area (Å²) in [7, 11) is 0. The number of hydrogen-bond donors (Lipinski definition) is 4. The molecule has 12 nitrogen and oxygen atoms in total. The third-order valence-electron chi connectivity index (χ3n) is 7.50. The second-order valence-electron chi connectivity index (χ2n) is 12.5. The molecule has 3 rings (SSSR count). The summed E-state index contributed by atoms with van der Waals surface area (Å²) in [5, 5.41) is 11.2. The highest BCUT2D eigenvalue weighted by molar-refractivity contribution is 5.91. The molecule has 2 aromatic rings. The molecule has 1 fully saturated rings. The van der Waals surface area contributed by atoms with E-state index in [0.29, 0.717) is 19.4 Å². The van der Waals surface area contributed by atoms with Crippen LogP contribution in [0.4, 0.5) is 4.79 Å². The molecule has 0 bridgehead atoms. The summed E-state index contributed by atoms with van der Waals surface area (Å²) in [5.41, 5.74) is 0.957. The van der Waals surface area contributed by atoms with Gasteiger partial charge in [-0.3, -0.25) is 19.2 Å². The van der Waals surface area contributed by atoms with Crippen LogP contribution in [-0.2, 0) is 46.4 Å². The standard InChI is InChI=1S/C35H48N4O8/c1-5-45-30(40)17-16-27(21-26-18-19-36-31(26)41)37-32(42)28(20-24-12-8-6-9-13-24)38-33(43)29(23-47-35(2,3)4)39-34(44)46-22-25-14-10-7-11-15-25/h6-15,26-29H,5,16-23H2,1-4H3,(H,36,41)(H,37,42)(H,38,43)(H,39,44)/t26-,27+,28-,29-/m0/s1. The number of hydrogen-bond acceptors (Lipinski definition) is 8.